The summed E-state index contributed by atoms with van der Waals surface area (Å²) in [5.41, 5.74) is 1.93. The monoisotopic (exact) mass is 542 g/mol. The highest BCUT2D eigenvalue weighted by Gasteiger charge is 2.27. The topological polar surface area (TPSA) is 58.6 Å². The van der Waals surface area contributed by atoms with Crippen LogP contribution in [-0.2, 0) is 22.6 Å². The maximum atomic E-state index is 13.1. The van der Waals surface area contributed by atoms with Crippen LogP contribution in [0.15, 0.2) is 40.9 Å². The lowest BCUT2D eigenvalue weighted by Crippen LogP contribution is -2.49. The number of aryl methyl sites for hydroxylation is 1. The van der Waals surface area contributed by atoms with Crippen molar-refractivity contribution in [3.8, 4) is 5.75 Å². The van der Waals surface area contributed by atoms with E-state index < -0.39 is 6.04 Å². The van der Waals surface area contributed by atoms with Gasteiger partial charge in [0.2, 0.25) is 5.91 Å². The summed E-state index contributed by atoms with van der Waals surface area (Å²) in [5.74, 6) is 0.342. The molecule has 2 rings (SSSR count). The van der Waals surface area contributed by atoms with Gasteiger partial charge in [0, 0.05) is 13.1 Å². The summed E-state index contributed by atoms with van der Waals surface area (Å²) in [6.45, 7) is 8.33. The van der Waals surface area contributed by atoms with Crippen LogP contribution in [0.25, 0.3) is 0 Å². The van der Waals surface area contributed by atoms with Crippen molar-refractivity contribution in [3.63, 3.8) is 0 Å². The zero-order chi connectivity index (χ0) is 23.8. The van der Waals surface area contributed by atoms with Crippen molar-refractivity contribution >= 4 is 50.9 Å². The lowest BCUT2D eigenvalue weighted by atomic mass is 10.1. The zero-order valence-electron chi connectivity index (χ0n) is 18.8. The molecule has 0 heterocycles. The molecule has 0 fully saturated rings. The minimum atomic E-state index is -0.690. The van der Waals surface area contributed by atoms with Crippen LogP contribution in [0.4, 0.5) is 0 Å². The summed E-state index contributed by atoms with van der Waals surface area (Å²) in [5, 5.41) is 3.71. The predicted octanol–water partition coefficient (Wildman–Crippen LogP) is 5.89. The number of amides is 2. The highest BCUT2D eigenvalue weighted by molar-refractivity contribution is 9.10. The Bertz CT molecular complexity index is 953. The van der Waals surface area contributed by atoms with Gasteiger partial charge in [0.25, 0.3) is 5.91 Å². The number of halogens is 3. The Morgan fingerprint density at radius 2 is 1.75 bits per heavy atom. The number of rotatable bonds is 10. The Hall–Kier alpha value is -1.76. The molecule has 2 aromatic carbocycles. The van der Waals surface area contributed by atoms with E-state index >= 15 is 0 Å². The molecule has 2 amide bonds. The van der Waals surface area contributed by atoms with Gasteiger partial charge >= 0.3 is 0 Å². The van der Waals surface area contributed by atoms with E-state index in [9.17, 15) is 9.59 Å². The van der Waals surface area contributed by atoms with Gasteiger partial charge in [0.05, 0.1) is 14.5 Å². The van der Waals surface area contributed by atoms with Crippen LogP contribution < -0.4 is 10.1 Å². The first kappa shape index (κ1) is 26.5. The first-order valence-electron chi connectivity index (χ1n) is 10.5. The highest BCUT2D eigenvalue weighted by atomic mass is 79.9. The summed E-state index contributed by atoms with van der Waals surface area (Å²) in [6.07, 6.45) is 0.901. The molecule has 0 unspecified atom stereocenters. The lowest BCUT2D eigenvalue weighted by molar-refractivity contribution is -0.142. The third kappa shape index (κ3) is 7.68. The standard InChI is InChI=1S/C24H29BrCl2N2O3/c1-5-17-7-9-22(19(25)10-17)32-14-23(30)29(16(4)24(31)28-12-15(2)3)13-18-6-8-20(26)21(27)11-18/h6-11,15-16H,5,12-14H2,1-4H3,(H,28,31)/t16-/m1/s1. The van der Waals surface area contributed by atoms with Crippen molar-refractivity contribution in [2.45, 2.75) is 46.7 Å². The smallest absolute Gasteiger partial charge is 0.261 e. The quantitative estimate of drug-likeness (QED) is 0.406. The fourth-order valence-electron chi connectivity index (χ4n) is 2.97. The van der Waals surface area contributed by atoms with Crippen molar-refractivity contribution in [1.29, 1.82) is 0 Å². The van der Waals surface area contributed by atoms with E-state index in [1.54, 1.807) is 25.1 Å². The van der Waals surface area contributed by atoms with Crippen LogP contribution >= 0.6 is 39.1 Å². The zero-order valence-corrected chi connectivity index (χ0v) is 21.9. The largest absolute Gasteiger partial charge is 0.483 e. The molecule has 174 valence electrons. The van der Waals surface area contributed by atoms with E-state index in [4.69, 9.17) is 27.9 Å². The molecule has 0 aliphatic carbocycles. The lowest BCUT2D eigenvalue weighted by Gasteiger charge is -2.29. The van der Waals surface area contributed by atoms with Crippen LogP contribution in [0.2, 0.25) is 10.0 Å². The van der Waals surface area contributed by atoms with Gasteiger partial charge in [-0.2, -0.15) is 0 Å². The molecule has 1 N–H and O–H groups in total. The third-order valence-electron chi connectivity index (χ3n) is 4.94. The Kier molecular flexibility index (Phi) is 10.3. The maximum absolute atomic E-state index is 13.1. The Balaban J connectivity index is 2.18. The van der Waals surface area contributed by atoms with Crippen LogP contribution in [-0.4, -0.2) is 35.9 Å². The maximum Gasteiger partial charge on any atom is 0.261 e. The highest BCUT2D eigenvalue weighted by Crippen LogP contribution is 2.27. The molecule has 0 bridgehead atoms. The van der Waals surface area contributed by atoms with Crippen LogP contribution in [0.1, 0.15) is 38.8 Å². The molecule has 0 aromatic heterocycles. The number of ether oxygens (including phenoxy) is 1. The Morgan fingerprint density at radius 1 is 1.06 bits per heavy atom. The molecule has 0 aliphatic rings. The van der Waals surface area contributed by atoms with E-state index in [0.717, 1.165) is 22.0 Å². The number of hydrogen-bond acceptors (Lipinski definition) is 3. The first-order chi connectivity index (χ1) is 15.1. The van der Waals surface area contributed by atoms with Gasteiger partial charge in [0.15, 0.2) is 6.61 Å². The molecule has 0 spiro atoms. The van der Waals surface area contributed by atoms with Gasteiger partial charge in [-0.25, -0.2) is 0 Å². The second-order valence-electron chi connectivity index (χ2n) is 7.99. The molecule has 5 nitrogen and oxygen atoms in total. The number of benzene rings is 2. The van der Waals surface area contributed by atoms with Gasteiger partial charge in [-0.3, -0.25) is 9.59 Å². The first-order valence-corrected chi connectivity index (χ1v) is 12.1. The SMILES string of the molecule is CCc1ccc(OCC(=O)N(Cc2ccc(Cl)c(Cl)c2)[C@H](C)C(=O)NCC(C)C)c(Br)c1. The number of hydrogen-bond donors (Lipinski definition) is 1. The van der Waals surface area contributed by atoms with Crippen molar-refractivity contribution < 1.29 is 14.3 Å². The van der Waals surface area contributed by atoms with Crippen molar-refractivity contribution in [2.75, 3.05) is 13.2 Å². The predicted molar refractivity (Wildman–Crippen MR) is 133 cm³/mol. The third-order valence-corrected chi connectivity index (χ3v) is 6.30. The average Bonchev–Trinajstić information content (AvgIpc) is 2.76. The van der Waals surface area contributed by atoms with E-state index in [0.29, 0.717) is 28.3 Å². The Labute approximate surface area is 208 Å². The second-order valence-corrected chi connectivity index (χ2v) is 9.66. The molecule has 0 saturated carbocycles. The fourth-order valence-corrected chi connectivity index (χ4v) is 3.83. The van der Waals surface area contributed by atoms with Crippen LogP contribution in [0.5, 0.6) is 5.75 Å². The van der Waals surface area contributed by atoms with E-state index in [-0.39, 0.29) is 25.0 Å². The van der Waals surface area contributed by atoms with Crippen LogP contribution in [0, 0.1) is 5.92 Å². The number of carbonyl (C=O) groups is 2. The van der Waals surface area contributed by atoms with Crippen molar-refractivity contribution in [3.05, 3.63) is 62.0 Å². The normalized spacial score (nSPS) is 11.9. The average molecular weight is 544 g/mol. The summed E-state index contributed by atoms with van der Waals surface area (Å²) in [6, 6.07) is 10.2. The minimum Gasteiger partial charge on any atom is -0.483 e. The fraction of sp³-hybridized carbons (Fsp3) is 0.417. The van der Waals surface area contributed by atoms with Crippen molar-refractivity contribution in [2.24, 2.45) is 5.92 Å². The van der Waals surface area contributed by atoms with Gasteiger partial charge in [-0.1, -0.05) is 56.1 Å². The molecule has 0 radical (unpaired) electrons. The summed E-state index contributed by atoms with van der Waals surface area (Å²) in [4.78, 5) is 27.3. The van der Waals surface area contributed by atoms with Gasteiger partial charge in [0.1, 0.15) is 11.8 Å². The summed E-state index contributed by atoms with van der Waals surface area (Å²) >= 11 is 15.6. The van der Waals surface area contributed by atoms with E-state index in [2.05, 4.69) is 28.2 Å². The molecular formula is C24H29BrCl2N2O3. The minimum absolute atomic E-state index is 0.200. The van der Waals surface area contributed by atoms with E-state index in [1.165, 1.54) is 4.90 Å². The second kappa shape index (κ2) is 12.5. The molecular weight excluding hydrogens is 515 g/mol. The molecule has 2 aromatic rings. The molecule has 8 heteroatoms. The Morgan fingerprint density at radius 3 is 2.34 bits per heavy atom. The molecule has 1 atom stereocenters. The van der Waals surface area contributed by atoms with Gasteiger partial charge < -0.3 is 15.0 Å². The number of nitrogens with one attached hydrogen (secondary N) is 1. The summed E-state index contributed by atoms with van der Waals surface area (Å²) in [7, 11) is 0. The number of carbonyl (C=O) groups excluding carboxylic acids is 2. The van der Waals surface area contributed by atoms with E-state index in [1.807, 2.05) is 32.0 Å². The van der Waals surface area contributed by atoms with Gasteiger partial charge in [-0.05, 0) is 70.6 Å². The van der Waals surface area contributed by atoms with Gasteiger partial charge in [-0.15, -0.1) is 0 Å². The molecule has 32 heavy (non-hydrogen) atoms. The molecule has 0 saturated heterocycles. The number of nitrogens with zero attached hydrogens (tertiary/aromatic N) is 1. The summed E-state index contributed by atoms with van der Waals surface area (Å²) < 4.78 is 6.55. The molecule has 0 aliphatic heterocycles. The van der Waals surface area contributed by atoms with Crippen molar-refractivity contribution in [1.82, 2.24) is 10.2 Å². The van der Waals surface area contributed by atoms with Crippen LogP contribution in [0.3, 0.4) is 0 Å².